The van der Waals surface area contributed by atoms with Gasteiger partial charge in [0, 0.05) is 6.07 Å². The molecule has 0 aliphatic rings. The van der Waals surface area contributed by atoms with Crippen LogP contribution in [-0.4, -0.2) is 28.5 Å². The maximum atomic E-state index is 11.8. The third-order valence-electron chi connectivity index (χ3n) is 2.74. The molecule has 19 heavy (non-hydrogen) atoms. The van der Waals surface area contributed by atoms with E-state index in [4.69, 9.17) is 4.74 Å². The standard InChI is InChI=1S/C12H17N3O4/c1-4-7-12(2,11(16)19-3)14-9-5-6-10(13-8-9)15(17)18/h5-6,8,14H,4,7H2,1-3H3. The van der Waals surface area contributed by atoms with Crippen molar-refractivity contribution in [3.8, 4) is 0 Å². The lowest BCUT2D eigenvalue weighted by molar-refractivity contribution is -0.389. The van der Waals surface area contributed by atoms with Crippen LogP contribution >= 0.6 is 0 Å². The van der Waals surface area contributed by atoms with E-state index < -0.39 is 10.5 Å². The fraction of sp³-hybridized carbons (Fsp3) is 0.500. The molecule has 0 saturated carbocycles. The molecule has 0 aliphatic heterocycles. The zero-order valence-corrected chi connectivity index (χ0v) is 11.2. The number of rotatable bonds is 6. The van der Waals surface area contributed by atoms with E-state index in [1.165, 1.54) is 25.4 Å². The summed E-state index contributed by atoms with van der Waals surface area (Å²) < 4.78 is 4.77. The summed E-state index contributed by atoms with van der Waals surface area (Å²) in [6.45, 7) is 3.68. The molecule has 0 bridgehead atoms. The number of nitrogens with zero attached hydrogens (tertiary/aromatic N) is 2. The van der Waals surface area contributed by atoms with Crippen molar-refractivity contribution < 1.29 is 14.5 Å². The van der Waals surface area contributed by atoms with Gasteiger partial charge in [-0.2, -0.15) is 0 Å². The predicted molar refractivity (Wildman–Crippen MR) is 69.8 cm³/mol. The second-order valence-corrected chi connectivity index (χ2v) is 4.36. The Morgan fingerprint density at radius 1 is 1.58 bits per heavy atom. The van der Waals surface area contributed by atoms with Crippen LogP contribution in [0.3, 0.4) is 0 Å². The lowest BCUT2D eigenvalue weighted by Crippen LogP contribution is -2.44. The fourth-order valence-corrected chi connectivity index (χ4v) is 1.83. The van der Waals surface area contributed by atoms with Crippen molar-refractivity contribution in [1.82, 2.24) is 4.98 Å². The van der Waals surface area contributed by atoms with Gasteiger partial charge in [-0.1, -0.05) is 13.3 Å². The molecule has 1 N–H and O–H groups in total. The van der Waals surface area contributed by atoms with Crippen LogP contribution in [0.5, 0.6) is 0 Å². The van der Waals surface area contributed by atoms with E-state index in [1.54, 1.807) is 6.92 Å². The Labute approximate surface area is 111 Å². The summed E-state index contributed by atoms with van der Waals surface area (Å²) >= 11 is 0. The van der Waals surface area contributed by atoms with Gasteiger partial charge in [-0.15, -0.1) is 0 Å². The van der Waals surface area contributed by atoms with E-state index in [2.05, 4.69) is 10.3 Å². The zero-order chi connectivity index (χ0) is 14.5. The maximum Gasteiger partial charge on any atom is 0.363 e. The highest BCUT2D eigenvalue weighted by molar-refractivity contribution is 5.83. The van der Waals surface area contributed by atoms with Crippen LogP contribution < -0.4 is 5.32 Å². The quantitative estimate of drug-likeness (QED) is 0.482. The lowest BCUT2D eigenvalue weighted by Gasteiger charge is -2.28. The van der Waals surface area contributed by atoms with E-state index in [-0.39, 0.29) is 11.8 Å². The number of carbonyl (C=O) groups excluding carboxylic acids is 1. The molecule has 0 aromatic carbocycles. The third kappa shape index (κ3) is 3.64. The third-order valence-corrected chi connectivity index (χ3v) is 2.74. The van der Waals surface area contributed by atoms with E-state index in [9.17, 15) is 14.9 Å². The first kappa shape index (κ1) is 14.9. The van der Waals surface area contributed by atoms with Gasteiger partial charge in [0.15, 0.2) is 6.20 Å². The van der Waals surface area contributed by atoms with Gasteiger partial charge in [-0.05, 0) is 29.3 Å². The second-order valence-electron chi connectivity index (χ2n) is 4.36. The average Bonchev–Trinajstić information content (AvgIpc) is 2.38. The highest BCUT2D eigenvalue weighted by Gasteiger charge is 2.33. The SMILES string of the molecule is CCCC(C)(Nc1ccc([N+](=O)[O-])nc1)C(=O)OC. The first-order valence-electron chi connectivity index (χ1n) is 5.90. The summed E-state index contributed by atoms with van der Waals surface area (Å²) in [5, 5.41) is 13.5. The molecule has 0 saturated heterocycles. The number of hydrogen-bond acceptors (Lipinski definition) is 6. The van der Waals surface area contributed by atoms with Gasteiger partial charge < -0.3 is 20.2 Å². The number of nitrogens with one attached hydrogen (secondary N) is 1. The Morgan fingerprint density at radius 3 is 2.68 bits per heavy atom. The van der Waals surface area contributed by atoms with Crippen LogP contribution in [0.2, 0.25) is 0 Å². The highest BCUT2D eigenvalue weighted by atomic mass is 16.6. The summed E-state index contributed by atoms with van der Waals surface area (Å²) in [6.07, 6.45) is 2.70. The van der Waals surface area contributed by atoms with Crippen molar-refractivity contribution in [1.29, 1.82) is 0 Å². The molecule has 104 valence electrons. The van der Waals surface area contributed by atoms with Crippen molar-refractivity contribution >= 4 is 17.5 Å². The summed E-state index contributed by atoms with van der Waals surface area (Å²) in [6, 6.07) is 2.80. The number of anilines is 1. The van der Waals surface area contributed by atoms with E-state index >= 15 is 0 Å². The van der Waals surface area contributed by atoms with Gasteiger partial charge in [-0.25, -0.2) is 4.79 Å². The molecule has 0 fully saturated rings. The van der Waals surface area contributed by atoms with Gasteiger partial charge in [0.2, 0.25) is 0 Å². The Balaban J connectivity index is 2.90. The average molecular weight is 267 g/mol. The van der Waals surface area contributed by atoms with Crippen molar-refractivity contribution in [2.24, 2.45) is 0 Å². The lowest BCUT2D eigenvalue weighted by atomic mass is 9.96. The molecule has 1 aromatic heterocycles. The fourth-order valence-electron chi connectivity index (χ4n) is 1.83. The second kappa shape index (κ2) is 6.12. The Kier molecular flexibility index (Phi) is 4.80. The molecule has 0 radical (unpaired) electrons. The van der Waals surface area contributed by atoms with Crippen LogP contribution in [0, 0.1) is 10.1 Å². The van der Waals surface area contributed by atoms with Gasteiger partial charge in [0.25, 0.3) is 0 Å². The van der Waals surface area contributed by atoms with Crippen LogP contribution in [0.1, 0.15) is 26.7 Å². The smallest absolute Gasteiger partial charge is 0.363 e. The highest BCUT2D eigenvalue weighted by Crippen LogP contribution is 2.22. The van der Waals surface area contributed by atoms with Crippen LogP contribution in [0.25, 0.3) is 0 Å². The molecule has 0 amide bonds. The van der Waals surface area contributed by atoms with Gasteiger partial charge in [-0.3, -0.25) is 0 Å². The number of pyridine rings is 1. The van der Waals surface area contributed by atoms with Crippen molar-refractivity contribution in [2.45, 2.75) is 32.2 Å². The first-order chi connectivity index (χ1) is 8.92. The monoisotopic (exact) mass is 267 g/mol. The van der Waals surface area contributed by atoms with Crippen LogP contribution in [0.4, 0.5) is 11.5 Å². The number of aromatic nitrogens is 1. The van der Waals surface area contributed by atoms with Crippen LogP contribution in [-0.2, 0) is 9.53 Å². The predicted octanol–water partition coefficient (Wildman–Crippen LogP) is 2.13. The summed E-state index contributed by atoms with van der Waals surface area (Å²) in [5.74, 6) is -0.617. The van der Waals surface area contributed by atoms with Gasteiger partial charge >= 0.3 is 11.8 Å². The Bertz CT molecular complexity index is 461. The molecule has 7 heteroatoms. The summed E-state index contributed by atoms with van der Waals surface area (Å²) in [4.78, 5) is 25.4. The molecule has 1 heterocycles. The molecule has 1 aromatic rings. The number of esters is 1. The van der Waals surface area contributed by atoms with E-state index in [0.717, 1.165) is 6.42 Å². The minimum absolute atomic E-state index is 0.235. The van der Waals surface area contributed by atoms with E-state index in [0.29, 0.717) is 12.1 Å². The minimum atomic E-state index is -0.874. The molecule has 1 unspecified atom stereocenters. The molecular formula is C12H17N3O4. The number of ether oxygens (including phenoxy) is 1. The number of carbonyl (C=O) groups is 1. The zero-order valence-electron chi connectivity index (χ0n) is 11.2. The molecule has 1 atom stereocenters. The van der Waals surface area contributed by atoms with Crippen molar-refractivity contribution in [3.63, 3.8) is 0 Å². The summed E-state index contributed by atoms with van der Waals surface area (Å²) in [5.41, 5.74) is -0.339. The van der Waals surface area contributed by atoms with Crippen LogP contribution in [0.15, 0.2) is 18.3 Å². The maximum absolute atomic E-state index is 11.8. The topological polar surface area (TPSA) is 94.4 Å². The number of hydrogen-bond donors (Lipinski definition) is 1. The molecule has 7 nitrogen and oxygen atoms in total. The number of nitro groups is 1. The van der Waals surface area contributed by atoms with Crippen molar-refractivity contribution in [3.05, 3.63) is 28.4 Å². The Morgan fingerprint density at radius 2 is 2.26 bits per heavy atom. The normalized spacial score (nSPS) is 13.4. The molecular weight excluding hydrogens is 250 g/mol. The number of methoxy groups -OCH3 is 1. The molecule has 0 spiro atoms. The Hall–Kier alpha value is -2.18. The minimum Gasteiger partial charge on any atom is -0.467 e. The largest absolute Gasteiger partial charge is 0.467 e. The summed E-state index contributed by atoms with van der Waals surface area (Å²) in [7, 11) is 1.33. The van der Waals surface area contributed by atoms with E-state index in [1.807, 2.05) is 6.92 Å². The molecule has 1 rings (SSSR count). The van der Waals surface area contributed by atoms with Crippen molar-refractivity contribution in [2.75, 3.05) is 12.4 Å². The molecule has 0 aliphatic carbocycles. The van der Waals surface area contributed by atoms with Gasteiger partial charge in [0.05, 0.1) is 12.8 Å². The van der Waals surface area contributed by atoms with Gasteiger partial charge in [0.1, 0.15) is 5.54 Å². The first-order valence-corrected chi connectivity index (χ1v) is 5.90.